The van der Waals surface area contributed by atoms with Crippen LogP contribution in [0.25, 0.3) is 27.6 Å². The van der Waals surface area contributed by atoms with Crippen LogP contribution in [-0.4, -0.2) is 16.2 Å². The fourth-order valence-corrected chi connectivity index (χ4v) is 7.95. The molecule has 0 aliphatic carbocycles. The third-order valence-corrected chi connectivity index (χ3v) is 11.0. The van der Waals surface area contributed by atoms with Crippen LogP contribution in [0.1, 0.15) is 51.3 Å². The molecule has 1 aliphatic heterocycles. The first-order valence-corrected chi connectivity index (χ1v) is 18.7. The summed E-state index contributed by atoms with van der Waals surface area (Å²) in [6.45, 7) is 12.0. The highest BCUT2D eigenvalue weighted by molar-refractivity contribution is 6.09. The zero-order valence-electron chi connectivity index (χ0n) is 31.5. The zero-order valence-corrected chi connectivity index (χ0v) is 31.5. The first-order valence-electron chi connectivity index (χ1n) is 18.7. The van der Waals surface area contributed by atoms with E-state index >= 15 is 0 Å². The molecule has 0 unspecified atom stereocenters. The molecule has 0 N–H and O–H groups in total. The molecule has 0 bridgehead atoms. The van der Waals surface area contributed by atoms with Gasteiger partial charge in [-0.2, -0.15) is 0 Å². The summed E-state index contributed by atoms with van der Waals surface area (Å²) < 4.78 is 9.39. The maximum absolute atomic E-state index is 7.09. The van der Waals surface area contributed by atoms with Crippen LogP contribution in [-0.2, 0) is 10.8 Å². The summed E-state index contributed by atoms with van der Waals surface area (Å²) in [5, 5.41) is 2.45. The van der Waals surface area contributed by atoms with Crippen LogP contribution in [0, 0.1) is 0 Å². The number of ether oxygens (including phenoxy) is 1. The number of fused-ring (bicyclic) bond motifs is 4. The van der Waals surface area contributed by atoms with Gasteiger partial charge in [0.15, 0.2) is 5.75 Å². The van der Waals surface area contributed by atoms with E-state index in [2.05, 4.69) is 201 Å². The van der Waals surface area contributed by atoms with Crippen LogP contribution >= 0.6 is 0 Å². The van der Waals surface area contributed by atoms with Gasteiger partial charge < -0.3 is 14.5 Å². The Labute approximate surface area is 317 Å². The second-order valence-electron chi connectivity index (χ2n) is 15.8. The van der Waals surface area contributed by atoms with Crippen molar-refractivity contribution in [2.24, 2.45) is 0 Å². The molecular formula is C49H44N4O. The molecule has 0 fully saturated rings. The number of benzene rings is 6. The van der Waals surface area contributed by atoms with Crippen molar-refractivity contribution in [3.05, 3.63) is 181 Å². The number of nitrogens with zero attached hydrogens (tertiary/aromatic N) is 4. The first kappa shape index (κ1) is 33.5. The summed E-state index contributed by atoms with van der Waals surface area (Å²) in [5.74, 6) is 2.35. The number of rotatable bonds is 7. The van der Waals surface area contributed by atoms with Gasteiger partial charge in [-0.3, -0.25) is 4.57 Å². The van der Waals surface area contributed by atoms with Crippen molar-refractivity contribution in [2.75, 3.05) is 16.5 Å². The Morgan fingerprint density at radius 1 is 0.519 bits per heavy atom. The molecular weight excluding hydrogens is 661 g/mol. The summed E-state index contributed by atoms with van der Waals surface area (Å²) >= 11 is 0. The number of hydrogen-bond donors (Lipinski definition) is 0. The van der Waals surface area contributed by atoms with Gasteiger partial charge in [0.1, 0.15) is 18.2 Å². The third kappa shape index (κ3) is 5.68. The Kier molecular flexibility index (Phi) is 8.04. The van der Waals surface area contributed by atoms with E-state index in [1.807, 2.05) is 12.3 Å². The molecule has 2 aromatic heterocycles. The van der Waals surface area contributed by atoms with E-state index in [4.69, 9.17) is 9.72 Å². The molecule has 0 radical (unpaired) electrons. The highest BCUT2D eigenvalue weighted by atomic mass is 16.5. The predicted molar refractivity (Wildman–Crippen MR) is 224 cm³/mol. The Morgan fingerprint density at radius 3 is 1.87 bits per heavy atom. The van der Waals surface area contributed by atoms with Gasteiger partial charge in [-0.25, -0.2) is 4.98 Å². The van der Waals surface area contributed by atoms with Crippen molar-refractivity contribution in [1.82, 2.24) is 9.55 Å². The van der Waals surface area contributed by atoms with Gasteiger partial charge in [-0.1, -0.05) is 132 Å². The van der Waals surface area contributed by atoms with Crippen molar-refractivity contribution in [2.45, 2.75) is 45.4 Å². The molecule has 0 spiro atoms. The van der Waals surface area contributed by atoms with Crippen molar-refractivity contribution < 1.29 is 4.74 Å². The van der Waals surface area contributed by atoms with Crippen molar-refractivity contribution >= 4 is 44.6 Å². The minimum absolute atomic E-state index is 0.0365. The van der Waals surface area contributed by atoms with Crippen LogP contribution in [0.4, 0.5) is 22.7 Å². The van der Waals surface area contributed by atoms with E-state index in [1.54, 1.807) is 0 Å². The van der Waals surface area contributed by atoms with Crippen molar-refractivity contribution in [3.63, 3.8) is 0 Å². The molecule has 0 amide bonds. The summed E-state index contributed by atoms with van der Waals surface area (Å²) in [7, 11) is 0. The van der Waals surface area contributed by atoms with Gasteiger partial charge in [0, 0.05) is 27.4 Å². The second kappa shape index (κ2) is 13.0. The van der Waals surface area contributed by atoms with Gasteiger partial charge >= 0.3 is 0 Å². The Hall–Kier alpha value is -6.33. The lowest BCUT2D eigenvalue weighted by Crippen LogP contribution is -2.24. The van der Waals surface area contributed by atoms with Crippen molar-refractivity contribution in [3.8, 4) is 17.3 Å². The van der Waals surface area contributed by atoms with E-state index in [0.29, 0.717) is 6.67 Å². The molecule has 8 aromatic rings. The van der Waals surface area contributed by atoms with Crippen LogP contribution < -0.4 is 14.5 Å². The molecule has 54 heavy (non-hydrogen) atoms. The summed E-state index contributed by atoms with van der Waals surface area (Å²) in [5.41, 5.74) is 9.90. The average molecular weight is 705 g/mol. The third-order valence-electron chi connectivity index (χ3n) is 11.0. The SMILES string of the molecule is CC(C)(C)c1ccc2c(c1)c1ccccc1n2-c1cc(C(C)(C)c2ccccc2)c(Oc2ccccc2N2CN(c3ccccc3)c3ccccc32)cn1. The molecule has 5 nitrogen and oxygen atoms in total. The van der Waals surface area contributed by atoms with Crippen LogP contribution in [0.5, 0.6) is 11.5 Å². The van der Waals surface area contributed by atoms with Crippen molar-refractivity contribution in [1.29, 1.82) is 0 Å². The van der Waals surface area contributed by atoms with Gasteiger partial charge in [-0.15, -0.1) is 0 Å². The fourth-order valence-electron chi connectivity index (χ4n) is 7.95. The number of pyridine rings is 1. The van der Waals surface area contributed by atoms with E-state index in [1.165, 1.54) is 21.9 Å². The maximum Gasteiger partial charge on any atom is 0.151 e. The molecule has 0 saturated heterocycles. The molecule has 0 atom stereocenters. The van der Waals surface area contributed by atoms with Gasteiger partial charge in [0.05, 0.1) is 34.3 Å². The second-order valence-corrected chi connectivity index (χ2v) is 15.8. The van der Waals surface area contributed by atoms with Crippen LogP contribution in [0.3, 0.4) is 0 Å². The van der Waals surface area contributed by atoms with E-state index in [-0.39, 0.29) is 5.41 Å². The smallest absolute Gasteiger partial charge is 0.151 e. The average Bonchev–Trinajstić information content (AvgIpc) is 3.75. The predicted octanol–water partition coefficient (Wildman–Crippen LogP) is 12.8. The number of anilines is 4. The molecule has 1 aliphatic rings. The standard InChI is InChI=1S/C49H44N4O/c1-48(2,3)35-28-29-41-38(30-35)37-22-12-13-23-40(37)53(41)47-31-39(49(4,5)34-18-8-6-9-19-34)46(32-50-47)54-45-27-17-16-26-44(45)52-33-51(36-20-10-7-11-21-36)42-24-14-15-25-43(42)52/h6-32H,33H2,1-5H3. The highest BCUT2D eigenvalue weighted by Crippen LogP contribution is 2.48. The maximum atomic E-state index is 7.09. The summed E-state index contributed by atoms with van der Waals surface area (Å²) in [6.07, 6.45) is 1.92. The Balaban J connectivity index is 1.19. The van der Waals surface area contributed by atoms with E-state index in [9.17, 15) is 0 Å². The van der Waals surface area contributed by atoms with E-state index < -0.39 is 5.41 Å². The molecule has 0 saturated carbocycles. The van der Waals surface area contributed by atoms with Crippen LogP contribution in [0.2, 0.25) is 0 Å². The zero-order chi connectivity index (χ0) is 37.0. The molecule has 9 rings (SSSR count). The van der Waals surface area contributed by atoms with Gasteiger partial charge in [-0.05, 0) is 77.2 Å². The largest absolute Gasteiger partial charge is 0.453 e. The lowest BCUT2D eigenvalue weighted by molar-refractivity contribution is 0.459. The molecule has 6 aromatic carbocycles. The lowest BCUT2D eigenvalue weighted by atomic mass is 9.78. The summed E-state index contributed by atoms with van der Waals surface area (Å²) in [4.78, 5) is 9.88. The Bertz CT molecular complexity index is 2640. The Morgan fingerprint density at radius 2 is 1.13 bits per heavy atom. The minimum atomic E-state index is -0.411. The summed E-state index contributed by atoms with van der Waals surface area (Å²) in [6, 6.07) is 55.9. The topological polar surface area (TPSA) is 33.5 Å². The normalized spacial score (nSPS) is 13.1. The number of aromatic nitrogens is 2. The molecule has 5 heteroatoms. The van der Waals surface area contributed by atoms with Gasteiger partial charge in [0.25, 0.3) is 0 Å². The first-order chi connectivity index (χ1) is 26.2. The fraction of sp³-hybridized carbons (Fsp3) is 0.163. The lowest BCUT2D eigenvalue weighted by Gasteiger charge is -2.29. The van der Waals surface area contributed by atoms with E-state index in [0.717, 1.165) is 56.7 Å². The van der Waals surface area contributed by atoms with Gasteiger partial charge in [0.2, 0.25) is 0 Å². The number of para-hydroxylation sites is 6. The molecule has 266 valence electrons. The molecule has 3 heterocycles. The number of hydrogen-bond acceptors (Lipinski definition) is 4. The minimum Gasteiger partial charge on any atom is -0.453 e. The quantitative estimate of drug-likeness (QED) is 0.165. The highest BCUT2D eigenvalue weighted by Gasteiger charge is 2.32. The van der Waals surface area contributed by atoms with Crippen LogP contribution in [0.15, 0.2) is 164 Å². The monoisotopic (exact) mass is 704 g/mol.